The van der Waals surface area contributed by atoms with Gasteiger partial charge in [-0.2, -0.15) is 0 Å². The van der Waals surface area contributed by atoms with Gasteiger partial charge in [0, 0.05) is 17.3 Å². The van der Waals surface area contributed by atoms with Crippen molar-refractivity contribution in [2.24, 2.45) is 0 Å². The predicted octanol–water partition coefficient (Wildman–Crippen LogP) is 3.83. The number of aromatic nitrogens is 1. The molecule has 0 bridgehead atoms. The van der Waals surface area contributed by atoms with Crippen LogP contribution in [0.4, 0.5) is 4.39 Å². The Morgan fingerprint density at radius 3 is 2.42 bits per heavy atom. The second kappa shape index (κ2) is 10.1. The molecule has 0 amide bonds. The number of benzene rings is 1. The summed E-state index contributed by atoms with van der Waals surface area (Å²) in [5.74, 6) is 0.178. The minimum Gasteiger partial charge on any atom is -0.376 e. The molecule has 1 aromatic heterocycles. The lowest BCUT2D eigenvalue weighted by atomic mass is 9.82. The Morgan fingerprint density at radius 2 is 1.76 bits per heavy atom. The highest BCUT2D eigenvalue weighted by atomic mass is 32.2. The zero-order valence-corrected chi connectivity index (χ0v) is 20.1. The summed E-state index contributed by atoms with van der Waals surface area (Å²) in [6.45, 7) is 3.68. The molecule has 2 aromatic rings. The molecule has 0 spiro atoms. The molecule has 2 unspecified atom stereocenters. The number of pyridine rings is 1. The number of rotatable bonds is 7. The lowest BCUT2D eigenvalue weighted by Gasteiger charge is -2.37. The number of fused-ring (bicyclic) bond motifs is 1. The molecule has 2 heterocycles. The van der Waals surface area contributed by atoms with Crippen LogP contribution < -0.4 is 10.3 Å². The van der Waals surface area contributed by atoms with E-state index in [9.17, 15) is 17.6 Å². The molecule has 4 rings (SSSR count). The Kier molecular flexibility index (Phi) is 7.36. The number of halogens is 1. The fraction of sp³-hybridized carbons (Fsp3) is 0.560. The topological polar surface area (TPSA) is 77.4 Å². The van der Waals surface area contributed by atoms with E-state index in [1.807, 2.05) is 24.3 Å². The van der Waals surface area contributed by atoms with Crippen molar-refractivity contribution in [1.29, 1.82) is 0 Å². The van der Waals surface area contributed by atoms with Gasteiger partial charge in [-0.1, -0.05) is 18.2 Å². The lowest BCUT2D eigenvalue weighted by Crippen LogP contribution is -2.50. The summed E-state index contributed by atoms with van der Waals surface area (Å²) in [5.41, 5.74) is 2.64. The molecule has 1 fully saturated rings. The third-order valence-corrected chi connectivity index (χ3v) is 8.55. The summed E-state index contributed by atoms with van der Waals surface area (Å²) in [6.07, 6.45) is 5.03. The van der Waals surface area contributed by atoms with Crippen LogP contribution in [0.3, 0.4) is 0 Å². The van der Waals surface area contributed by atoms with Gasteiger partial charge in [-0.3, -0.25) is 4.79 Å². The van der Waals surface area contributed by atoms with Crippen LogP contribution >= 0.6 is 0 Å². The summed E-state index contributed by atoms with van der Waals surface area (Å²) in [5, 5.41) is 0. The van der Waals surface area contributed by atoms with Crippen LogP contribution in [0.2, 0.25) is 0 Å². The highest BCUT2D eigenvalue weighted by Crippen LogP contribution is 2.35. The van der Waals surface area contributed by atoms with Crippen molar-refractivity contribution in [3.8, 4) is 0 Å². The minimum atomic E-state index is -3.41. The molecule has 180 valence electrons. The second-order valence-corrected chi connectivity index (χ2v) is 11.3. The fourth-order valence-electron chi connectivity index (χ4n) is 5.11. The zero-order valence-electron chi connectivity index (χ0n) is 19.3. The summed E-state index contributed by atoms with van der Waals surface area (Å²) in [7, 11) is -3.41. The Morgan fingerprint density at radius 1 is 1.06 bits per heavy atom. The van der Waals surface area contributed by atoms with Crippen molar-refractivity contribution in [3.63, 3.8) is 0 Å². The van der Waals surface area contributed by atoms with Crippen molar-refractivity contribution >= 4 is 10.0 Å². The number of aryl methyl sites for hydroxylation is 2. The smallest absolute Gasteiger partial charge is 0.254 e. The van der Waals surface area contributed by atoms with Crippen molar-refractivity contribution < 1.29 is 17.5 Å². The molecular formula is C25H33FN2O4S. The van der Waals surface area contributed by atoms with Gasteiger partial charge in [0.15, 0.2) is 0 Å². The van der Waals surface area contributed by atoms with E-state index >= 15 is 0 Å². The number of sulfonamides is 1. The molecule has 1 aromatic carbocycles. The Balaban J connectivity index is 1.46. The van der Waals surface area contributed by atoms with Crippen LogP contribution in [0.25, 0.3) is 0 Å². The predicted molar refractivity (Wildman–Crippen MR) is 127 cm³/mol. The van der Waals surface area contributed by atoms with Gasteiger partial charge < -0.3 is 9.30 Å². The van der Waals surface area contributed by atoms with E-state index in [1.54, 1.807) is 18.4 Å². The van der Waals surface area contributed by atoms with E-state index in [0.29, 0.717) is 30.9 Å². The number of hydrogen-bond donors (Lipinski definition) is 1. The molecule has 2 aliphatic rings. The first kappa shape index (κ1) is 24.1. The Hall–Kier alpha value is -2.03. The van der Waals surface area contributed by atoms with Crippen LogP contribution in [0.1, 0.15) is 67.8 Å². The molecule has 33 heavy (non-hydrogen) atoms. The average Bonchev–Trinajstić information content (AvgIpc) is 2.81. The third-order valence-electron chi connectivity index (χ3n) is 7.13. The number of nitrogens with one attached hydrogen (secondary N) is 1. The van der Waals surface area contributed by atoms with Crippen LogP contribution in [0, 0.1) is 12.7 Å². The standard InChI is InChI=1S/C25H33FN2O4S/c1-3-33(30,31)27-23-15-12-21-11-4-17(2)25(29)28(21)24(23)16-32-22-13-7-19(8-14-22)18-5-9-20(26)10-6-18/h4-6,9-11,19,22-24,27H,3,7-8,12-16H2,1-2H3. The zero-order chi connectivity index (χ0) is 23.6. The first-order valence-electron chi connectivity index (χ1n) is 11.9. The Bertz CT molecular complexity index is 1120. The van der Waals surface area contributed by atoms with Gasteiger partial charge in [-0.05, 0) is 82.1 Å². The van der Waals surface area contributed by atoms with Crippen molar-refractivity contribution in [2.75, 3.05) is 12.4 Å². The average molecular weight is 477 g/mol. The molecule has 8 heteroatoms. The first-order valence-corrected chi connectivity index (χ1v) is 13.5. The lowest BCUT2D eigenvalue weighted by molar-refractivity contribution is -0.00169. The molecule has 0 radical (unpaired) electrons. The maximum absolute atomic E-state index is 13.2. The van der Waals surface area contributed by atoms with Gasteiger partial charge in [0.1, 0.15) is 5.82 Å². The van der Waals surface area contributed by atoms with Crippen LogP contribution in [-0.4, -0.2) is 37.5 Å². The second-order valence-electron chi connectivity index (χ2n) is 9.28. The molecule has 1 saturated carbocycles. The fourth-order valence-corrected chi connectivity index (χ4v) is 6.01. The maximum Gasteiger partial charge on any atom is 0.254 e. The van der Waals surface area contributed by atoms with Crippen molar-refractivity contribution in [3.05, 3.63) is 69.4 Å². The molecule has 1 aliphatic carbocycles. The number of nitrogens with zero attached hydrogens (tertiary/aromatic N) is 1. The molecule has 6 nitrogen and oxygen atoms in total. The van der Waals surface area contributed by atoms with E-state index < -0.39 is 10.0 Å². The molecular weight excluding hydrogens is 443 g/mol. The van der Waals surface area contributed by atoms with E-state index in [2.05, 4.69) is 4.72 Å². The van der Waals surface area contributed by atoms with Gasteiger partial charge in [0.05, 0.1) is 24.5 Å². The van der Waals surface area contributed by atoms with Gasteiger partial charge in [0.25, 0.3) is 5.56 Å². The van der Waals surface area contributed by atoms with E-state index in [-0.39, 0.29) is 35.3 Å². The highest BCUT2D eigenvalue weighted by molar-refractivity contribution is 7.89. The summed E-state index contributed by atoms with van der Waals surface area (Å²) >= 11 is 0. The van der Waals surface area contributed by atoms with Crippen LogP contribution in [0.5, 0.6) is 0 Å². The first-order chi connectivity index (χ1) is 15.8. The van der Waals surface area contributed by atoms with Crippen molar-refractivity contribution in [1.82, 2.24) is 9.29 Å². The van der Waals surface area contributed by atoms with E-state index in [1.165, 1.54) is 12.1 Å². The molecule has 1 aliphatic heterocycles. The van der Waals surface area contributed by atoms with E-state index in [4.69, 9.17) is 4.74 Å². The number of hydrogen-bond acceptors (Lipinski definition) is 4. The van der Waals surface area contributed by atoms with Crippen LogP contribution in [-0.2, 0) is 21.2 Å². The maximum atomic E-state index is 13.2. The Labute approximate surface area is 195 Å². The SMILES string of the molecule is CCS(=O)(=O)NC1CCc2ccc(C)c(=O)n2C1COC1CCC(c2ccc(F)cc2)CC1. The molecule has 1 N–H and O–H groups in total. The molecule has 2 atom stereocenters. The van der Waals surface area contributed by atoms with E-state index in [0.717, 1.165) is 36.9 Å². The van der Waals surface area contributed by atoms with Gasteiger partial charge >= 0.3 is 0 Å². The third kappa shape index (κ3) is 5.55. The number of ether oxygens (including phenoxy) is 1. The summed E-state index contributed by atoms with van der Waals surface area (Å²) < 4.78 is 48.7. The summed E-state index contributed by atoms with van der Waals surface area (Å²) in [6, 6.07) is 9.78. The van der Waals surface area contributed by atoms with Gasteiger partial charge in [0.2, 0.25) is 10.0 Å². The molecule has 0 saturated heterocycles. The summed E-state index contributed by atoms with van der Waals surface area (Å²) in [4.78, 5) is 13.0. The largest absolute Gasteiger partial charge is 0.376 e. The minimum absolute atomic E-state index is 0.0000492. The van der Waals surface area contributed by atoms with Crippen molar-refractivity contribution in [2.45, 2.75) is 76.5 Å². The highest BCUT2D eigenvalue weighted by Gasteiger charge is 2.34. The normalized spacial score (nSPS) is 25.5. The van der Waals surface area contributed by atoms with Gasteiger partial charge in [-0.25, -0.2) is 17.5 Å². The van der Waals surface area contributed by atoms with Gasteiger partial charge in [-0.15, -0.1) is 0 Å². The monoisotopic (exact) mass is 476 g/mol. The van der Waals surface area contributed by atoms with Crippen LogP contribution in [0.15, 0.2) is 41.2 Å². The quantitative estimate of drug-likeness (QED) is 0.659.